The smallest absolute Gasteiger partial charge is 0.325 e. The molecule has 0 fully saturated rings. The summed E-state index contributed by atoms with van der Waals surface area (Å²) in [5.74, 6) is 0.567. The zero-order chi connectivity index (χ0) is 14.8. The summed E-state index contributed by atoms with van der Waals surface area (Å²) in [5.41, 5.74) is -0.796. The molecule has 2 aromatic heterocycles. The fraction of sp³-hybridized carbons (Fsp3) is 0.429. The summed E-state index contributed by atoms with van der Waals surface area (Å²) in [6.07, 6.45) is 3.64. The Bertz CT molecular complexity index is 575. The van der Waals surface area contributed by atoms with Crippen LogP contribution < -0.4 is 5.32 Å². The fourth-order valence-corrected chi connectivity index (χ4v) is 2.82. The van der Waals surface area contributed by atoms with Gasteiger partial charge in [0.2, 0.25) is 0 Å². The van der Waals surface area contributed by atoms with Crippen LogP contribution in [0.1, 0.15) is 30.6 Å². The van der Waals surface area contributed by atoms with Crippen LogP contribution in [-0.2, 0) is 16.6 Å². The monoisotopic (exact) mass is 293 g/mol. The molecule has 0 saturated carbocycles. The molecule has 0 bridgehead atoms. The number of hydrogen-bond acceptors (Lipinski definition) is 5. The first kappa shape index (κ1) is 14.7. The summed E-state index contributed by atoms with van der Waals surface area (Å²) in [6, 6.07) is 3.87. The molecule has 0 saturated heterocycles. The van der Waals surface area contributed by atoms with E-state index in [1.54, 1.807) is 17.5 Å². The second-order valence-corrected chi connectivity index (χ2v) is 6.08. The number of aromatic nitrogens is 2. The van der Waals surface area contributed by atoms with Crippen LogP contribution in [0.5, 0.6) is 0 Å². The average molecular weight is 293 g/mol. The molecular formula is C14H19N3O2S. The Morgan fingerprint density at radius 2 is 2.30 bits per heavy atom. The fourth-order valence-electron chi connectivity index (χ4n) is 2.05. The highest BCUT2D eigenvalue weighted by Gasteiger charge is 2.34. The molecule has 0 aliphatic carbocycles. The van der Waals surface area contributed by atoms with Crippen LogP contribution in [0, 0.1) is 0 Å². The van der Waals surface area contributed by atoms with Crippen molar-refractivity contribution in [3.8, 4) is 0 Å². The van der Waals surface area contributed by atoms with E-state index in [0.29, 0.717) is 0 Å². The van der Waals surface area contributed by atoms with E-state index in [-0.39, 0.29) is 12.0 Å². The third kappa shape index (κ3) is 2.91. The molecule has 5 nitrogen and oxygen atoms in total. The summed E-state index contributed by atoms with van der Waals surface area (Å²) in [7, 11) is 3.34. The number of esters is 1. The van der Waals surface area contributed by atoms with Gasteiger partial charge in [0.25, 0.3) is 0 Å². The van der Waals surface area contributed by atoms with E-state index >= 15 is 0 Å². The van der Waals surface area contributed by atoms with Gasteiger partial charge >= 0.3 is 5.97 Å². The highest BCUT2D eigenvalue weighted by molar-refractivity contribution is 7.10. The molecule has 1 unspecified atom stereocenters. The number of methoxy groups -OCH3 is 1. The number of hydrogen-bond donors (Lipinski definition) is 1. The Morgan fingerprint density at radius 3 is 2.80 bits per heavy atom. The molecule has 1 N–H and O–H groups in total. The normalized spacial score (nSPS) is 13.2. The molecule has 0 radical (unpaired) electrons. The number of rotatable bonds is 5. The second-order valence-electron chi connectivity index (χ2n) is 5.11. The molecule has 108 valence electrons. The van der Waals surface area contributed by atoms with Gasteiger partial charge in [0.15, 0.2) is 0 Å². The first-order chi connectivity index (χ1) is 9.45. The number of aryl methyl sites for hydroxylation is 1. The lowest BCUT2D eigenvalue weighted by Crippen LogP contribution is -2.49. The van der Waals surface area contributed by atoms with E-state index in [1.807, 2.05) is 49.2 Å². The minimum atomic E-state index is -0.796. The first-order valence-electron chi connectivity index (χ1n) is 6.32. The second kappa shape index (κ2) is 5.76. The average Bonchev–Trinajstić information content (AvgIpc) is 3.06. The van der Waals surface area contributed by atoms with Crippen molar-refractivity contribution in [2.24, 2.45) is 7.05 Å². The molecule has 0 aliphatic heterocycles. The molecule has 2 aromatic rings. The zero-order valence-corrected chi connectivity index (χ0v) is 12.9. The van der Waals surface area contributed by atoms with E-state index < -0.39 is 5.54 Å². The molecule has 20 heavy (non-hydrogen) atoms. The van der Waals surface area contributed by atoms with E-state index in [1.165, 1.54) is 7.11 Å². The van der Waals surface area contributed by atoms with Crippen molar-refractivity contribution in [3.05, 3.63) is 40.6 Å². The SMILES string of the molecule is COC(=O)C(C)(C)NC(c1cccs1)c1nccn1C. The van der Waals surface area contributed by atoms with Crippen LogP contribution in [-0.4, -0.2) is 28.2 Å². The maximum absolute atomic E-state index is 11.9. The third-order valence-corrected chi connectivity index (χ3v) is 4.08. The minimum absolute atomic E-state index is 0.149. The molecule has 6 heteroatoms. The van der Waals surface area contributed by atoms with Crippen molar-refractivity contribution in [3.63, 3.8) is 0 Å². The topological polar surface area (TPSA) is 56.1 Å². The number of nitrogens with one attached hydrogen (secondary N) is 1. The zero-order valence-electron chi connectivity index (χ0n) is 12.1. The van der Waals surface area contributed by atoms with Crippen LogP contribution in [0.4, 0.5) is 0 Å². The Kier molecular flexibility index (Phi) is 4.25. The molecule has 0 aliphatic rings. The van der Waals surface area contributed by atoms with Gasteiger partial charge in [-0.1, -0.05) is 6.07 Å². The van der Waals surface area contributed by atoms with Gasteiger partial charge < -0.3 is 9.30 Å². The summed E-state index contributed by atoms with van der Waals surface area (Å²) >= 11 is 1.63. The third-order valence-electron chi connectivity index (χ3n) is 3.15. The van der Waals surface area contributed by atoms with Crippen LogP contribution in [0.15, 0.2) is 29.9 Å². The van der Waals surface area contributed by atoms with Gasteiger partial charge in [-0.05, 0) is 25.3 Å². The van der Waals surface area contributed by atoms with Gasteiger partial charge in [-0.3, -0.25) is 10.1 Å². The highest BCUT2D eigenvalue weighted by Crippen LogP contribution is 2.27. The van der Waals surface area contributed by atoms with Crippen LogP contribution in [0.3, 0.4) is 0 Å². The number of imidazole rings is 1. The Labute approximate surface area is 122 Å². The van der Waals surface area contributed by atoms with E-state index in [4.69, 9.17) is 4.74 Å². The Balaban J connectivity index is 2.34. The van der Waals surface area contributed by atoms with Crippen molar-refractivity contribution in [2.45, 2.75) is 25.4 Å². The summed E-state index contributed by atoms with van der Waals surface area (Å²) in [5, 5.41) is 5.35. The van der Waals surface area contributed by atoms with E-state index in [9.17, 15) is 4.79 Å². The van der Waals surface area contributed by atoms with Crippen molar-refractivity contribution < 1.29 is 9.53 Å². The Morgan fingerprint density at radius 1 is 1.55 bits per heavy atom. The summed E-state index contributed by atoms with van der Waals surface area (Å²) in [4.78, 5) is 17.4. The Hall–Kier alpha value is -1.66. The van der Waals surface area contributed by atoms with Crippen LogP contribution in [0.25, 0.3) is 0 Å². The van der Waals surface area contributed by atoms with Gasteiger partial charge in [0.1, 0.15) is 17.4 Å². The van der Waals surface area contributed by atoms with Gasteiger partial charge in [0.05, 0.1) is 7.11 Å². The largest absolute Gasteiger partial charge is 0.468 e. The summed E-state index contributed by atoms with van der Waals surface area (Å²) < 4.78 is 6.80. The lowest BCUT2D eigenvalue weighted by atomic mass is 10.0. The maximum Gasteiger partial charge on any atom is 0.325 e. The quantitative estimate of drug-likeness (QED) is 0.858. The van der Waals surface area contributed by atoms with Crippen molar-refractivity contribution in [1.82, 2.24) is 14.9 Å². The number of carbonyl (C=O) groups excluding carboxylic acids is 1. The minimum Gasteiger partial charge on any atom is -0.468 e. The van der Waals surface area contributed by atoms with Crippen LogP contribution in [0.2, 0.25) is 0 Å². The van der Waals surface area contributed by atoms with Crippen molar-refractivity contribution in [2.75, 3.05) is 7.11 Å². The molecule has 2 rings (SSSR count). The van der Waals surface area contributed by atoms with Crippen molar-refractivity contribution in [1.29, 1.82) is 0 Å². The number of ether oxygens (including phenoxy) is 1. The van der Waals surface area contributed by atoms with Gasteiger partial charge in [-0.25, -0.2) is 4.98 Å². The highest BCUT2D eigenvalue weighted by atomic mass is 32.1. The molecule has 0 spiro atoms. The van der Waals surface area contributed by atoms with Gasteiger partial charge in [0, 0.05) is 24.3 Å². The maximum atomic E-state index is 11.9. The predicted octanol–water partition coefficient (Wildman–Crippen LogP) is 2.11. The lowest BCUT2D eigenvalue weighted by molar-refractivity contribution is -0.147. The van der Waals surface area contributed by atoms with Crippen LogP contribution >= 0.6 is 11.3 Å². The van der Waals surface area contributed by atoms with Gasteiger partial charge in [-0.15, -0.1) is 11.3 Å². The number of carbonyl (C=O) groups is 1. The van der Waals surface area contributed by atoms with E-state index in [2.05, 4.69) is 10.3 Å². The molecule has 1 atom stereocenters. The number of nitrogens with zero attached hydrogens (tertiary/aromatic N) is 2. The number of thiophene rings is 1. The standard InChI is InChI=1S/C14H19N3O2S/c1-14(2,13(18)19-4)16-11(10-6-5-9-20-10)12-15-7-8-17(12)3/h5-9,11,16H,1-4H3. The molecular weight excluding hydrogens is 274 g/mol. The molecule has 0 amide bonds. The van der Waals surface area contributed by atoms with Gasteiger partial charge in [-0.2, -0.15) is 0 Å². The van der Waals surface area contributed by atoms with Crippen molar-refractivity contribution >= 4 is 17.3 Å². The first-order valence-corrected chi connectivity index (χ1v) is 7.20. The lowest BCUT2D eigenvalue weighted by Gasteiger charge is -2.28. The summed E-state index contributed by atoms with van der Waals surface area (Å²) in [6.45, 7) is 3.62. The predicted molar refractivity (Wildman–Crippen MR) is 78.6 cm³/mol. The van der Waals surface area contributed by atoms with E-state index in [0.717, 1.165) is 10.7 Å². The molecule has 2 heterocycles. The molecule has 0 aromatic carbocycles.